The number of hydrogen-bond acceptors (Lipinski definition) is 6. The van der Waals surface area contributed by atoms with Crippen molar-refractivity contribution in [3.8, 4) is 5.75 Å². The first kappa shape index (κ1) is 16.2. The average Bonchev–Trinajstić information content (AvgIpc) is 3.19. The number of benzene rings is 1. The maximum Gasteiger partial charge on any atom is 0.223 e. The quantitative estimate of drug-likeness (QED) is 0.639. The lowest BCUT2D eigenvalue weighted by molar-refractivity contribution is 0.285. The number of nitrogens with one attached hydrogen (secondary N) is 1. The molecule has 7 heteroatoms. The predicted octanol–water partition coefficient (Wildman–Crippen LogP) is 2.25. The molecule has 1 N–H and O–H groups in total. The van der Waals surface area contributed by atoms with Crippen molar-refractivity contribution < 1.29 is 9.26 Å². The number of hydrogen-bond donors (Lipinski definition) is 1. The summed E-state index contributed by atoms with van der Waals surface area (Å²) in [5.41, 5.74) is 2.39. The summed E-state index contributed by atoms with van der Waals surface area (Å²) in [6, 6.07) is 7.98. The van der Waals surface area contributed by atoms with Crippen molar-refractivity contribution >= 4 is 0 Å². The van der Waals surface area contributed by atoms with Crippen LogP contribution >= 0.6 is 0 Å². The Bertz CT molecular complexity index is 763. The smallest absolute Gasteiger partial charge is 0.223 e. The highest BCUT2D eigenvalue weighted by Crippen LogP contribution is 2.13. The van der Waals surface area contributed by atoms with E-state index in [4.69, 9.17) is 9.26 Å². The van der Waals surface area contributed by atoms with E-state index >= 15 is 0 Å². The van der Waals surface area contributed by atoms with Crippen LogP contribution in [0.3, 0.4) is 0 Å². The van der Waals surface area contributed by atoms with E-state index in [2.05, 4.69) is 20.6 Å². The minimum Gasteiger partial charge on any atom is -0.485 e. The number of nitrogens with zero attached hydrogens (tertiary/aromatic N) is 4. The Balaban J connectivity index is 1.39. The highest BCUT2D eigenvalue weighted by atomic mass is 16.5. The molecule has 2 aromatic heterocycles. The van der Waals surface area contributed by atoms with Crippen molar-refractivity contribution in [3.63, 3.8) is 0 Å². The molecule has 0 saturated heterocycles. The fourth-order valence-corrected chi connectivity index (χ4v) is 2.27. The Morgan fingerprint density at radius 2 is 2.04 bits per heavy atom. The first-order valence-corrected chi connectivity index (χ1v) is 7.90. The van der Waals surface area contributed by atoms with E-state index in [0.717, 1.165) is 25.4 Å². The number of ether oxygens (including phenoxy) is 1. The standard InChI is InChI=1S/C17H21N5O2/c1-13-9-19-22(11-13)8-7-18-10-15-3-5-16(6-4-15)23-12-17-20-14(2)24-21-17/h3-6,9,11,18H,7-8,10,12H2,1-2H3. The molecule has 0 saturated carbocycles. The molecule has 0 amide bonds. The van der Waals surface area contributed by atoms with Crippen LogP contribution in [0.5, 0.6) is 5.75 Å². The summed E-state index contributed by atoms with van der Waals surface area (Å²) in [7, 11) is 0. The average molecular weight is 327 g/mol. The molecule has 3 aromatic rings. The Labute approximate surface area is 140 Å². The highest BCUT2D eigenvalue weighted by Gasteiger charge is 2.03. The van der Waals surface area contributed by atoms with Gasteiger partial charge in [0.25, 0.3) is 0 Å². The zero-order chi connectivity index (χ0) is 16.8. The zero-order valence-electron chi connectivity index (χ0n) is 13.9. The van der Waals surface area contributed by atoms with Crippen molar-refractivity contribution in [2.75, 3.05) is 6.54 Å². The Morgan fingerprint density at radius 3 is 2.71 bits per heavy atom. The molecule has 126 valence electrons. The minimum atomic E-state index is 0.304. The summed E-state index contributed by atoms with van der Waals surface area (Å²) in [5.74, 6) is 1.88. The maximum atomic E-state index is 5.63. The molecule has 0 bridgehead atoms. The van der Waals surface area contributed by atoms with E-state index < -0.39 is 0 Å². The van der Waals surface area contributed by atoms with Gasteiger partial charge in [-0.1, -0.05) is 17.3 Å². The summed E-state index contributed by atoms with van der Waals surface area (Å²) in [4.78, 5) is 4.10. The topological polar surface area (TPSA) is 78.0 Å². The lowest BCUT2D eigenvalue weighted by Gasteiger charge is -2.07. The first-order valence-electron chi connectivity index (χ1n) is 7.90. The van der Waals surface area contributed by atoms with Crippen LogP contribution in [0.15, 0.2) is 41.2 Å². The van der Waals surface area contributed by atoms with Crippen molar-refractivity contribution in [1.82, 2.24) is 25.2 Å². The van der Waals surface area contributed by atoms with Crippen LogP contribution in [0.4, 0.5) is 0 Å². The van der Waals surface area contributed by atoms with Gasteiger partial charge in [-0.3, -0.25) is 4.68 Å². The van der Waals surface area contributed by atoms with E-state index in [0.29, 0.717) is 18.3 Å². The van der Waals surface area contributed by atoms with E-state index in [-0.39, 0.29) is 0 Å². The molecule has 0 unspecified atom stereocenters. The summed E-state index contributed by atoms with van der Waals surface area (Å²) in [6.07, 6.45) is 3.91. The van der Waals surface area contributed by atoms with Crippen LogP contribution in [-0.4, -0.2) is 26.5 Å². The van der Waals surface area contributed by atoms with Gasteiger partial charge < -0.3 is 14.6 Å². The largest absolute Gasteiger partial charge is 0.485 e. The van der Waals surface area contributed by atoms with Gasteiger partial charge in [-0.2, -0.15) is 10.1 Å². The van der Waals surface area contributed by atoms with E-state index in [1.165, 1.54) is 11.1 Å². The molecule has 7 nitrogen and oxygen atoms in total. The summed E-state index contributed by atoms with van der Waals surface area (Å²) < 4.78 is 12.5. The molecule has 24 heavy (non-hydrogen) atoms. The van der Waals surface area contributed by atoms with Crippen LogP contribution in [0.1, 0.15) is 22.8 Å². The van der Waals surface area contributed by atoms with Crippen LogP contribution in [0.2, 0.25) is 0 Å². The molecule has 3 rings (SSSR count). The summed E-state index contributed by atoms with van der Waals surface area (Å²) in [6.45, 7) is 6.64. The minimum absolute atomic E-state index is 0.304. The first-order chi connectivity index (χ1) is 11.7. The maximum absolute atomic E-state index is 5.63. The molecule has 2 heterocycles. The highest BCUT2D eigenvalue weighted by molar-refractivity contribution is 5.27. The third-order valence-electron chi connectivity index (χ3n) is 3.47. The molecule has 0 atom stereocenters. The SMILES string of the molecule is Cc1cnn(CCNCc2ccc(OCc3noc(C)n3)cc2)c1. The Hall–Kier alpha value is -2.67. The monoisotopic (exact) mass is 327 g/mol. The second-order valence-electron chi connectivity index (χ2n) is 5.62. The molecule has 0 radical (unpaired) electrons. The lowest BCUT2D eigenvalue weighted by Crippen LogP contribution is -2.19. The molecule has 0 fully saturated rings. The number of aryl methyl sites for hydroxylation is 2. The number of rotatable bonds is 8. The van der Waals surface area contributed by atoms with Crippen molar-refractivity contribution in [2.45, 2.75) is 33.5 Å². The van der Waals surface area contributed by atoms with Crippen molar-refractivity contribution in [3.05, 3.63) is 59.5 Å². The Morgan fingerprint density at radius 1 is 1.21 bits per heavy atom. The van der Waals surface area contributed by atoms with Crippen LogP contribution in [-0.2, 0) is 19.7 Å². The molecular formula is C17H21N5O2. The molecule has 0 aliphatic carbocycles. The molecule has 0 aliphatic rings. The third-order valence-corrected chi connectivity index (χ3v) is 3.47. The fourth-order valence-electron chi connectivity index (χ4n) is 2.27. The van der Waals surface area contributed by atoms with Crippen LogP contribution < -0.4 is 10.1 Å². The van der Waals surface area contributed by atoms with Gasteiger partial charge in [0.1, 0.15) is 5.75 Å². The van der Waals surface area contributed by atoms with E-state index in [1.807, 2.05) is 48.3 Å². The molecule has 0 spiro atoms. The molecule has 1 aromatic carbocycles. The fraction of sp³-hybridized carbons (Fsp3) is 0.353. The summed E-state index contributed by atoms with van der Waals surface area (Å²) in [5, 5.41) is 11.5. The molecule has 0 aliphatic heterocycles. The number of aromatic nitrogens is 4. The normalized spacial score (nSPS) is 10.9. The van der Waals surface area contributed by atoms with Gasteiger partial charge in [0.15, 0.2) is 6.61 Å². The van der Waals surface area contributed by atoms with Gasteiger partial charge >= 0.3 is 0 Å². The van der Waals surface area contributed by atoms with Gasteiger partial charge in [0.05, 0.1) is 12.7 Å². The lowest BCUT2D eigenvalue weighted by atomic mass is 10.2. The van der Waals surface area contributed by atoms with Gasteiger partial charge in [-0.25, -0.2) is 0 Å². The zero-order valence-corrected chi connectivity index (χ0v) is 13.9. The van der Waals surface area contributed by atoms with E-state index in [1.54, 1.807) is 6.92 Å². The van der Waals surface area contributed by atoms with Crippen LogP contribution in [0.25, 0.3) is 0 Å². The second-order valence-corrected chi connectivity index (χ2v) is 5.62. The van der Waals surface area contributed by atoms with Gasteiger partial charge in [0, 0.05) is 26.2 Å². The van der Waals surface area contributed by atoms with Gasteiger partial charge in [-0.15, -0.1) is 0 Å². The van der Waals surface area contributed by atoms with Crippen molar-refractivity contribution in [1.29, 1.82) is 0 Å². The molecular weight excluding hydrogens is 306 g/mol. The summed E-state index contributed by atoms with van der Waals surface area (Å²) >= 11 is 0. The predicted molar refractivity (Wildman–Crippen MR) is 88.5 cm³/mol. The second kappa shape index (κ2) is 7.74. The van der Waals surface area contributed by atoms with Gasteiger partial charge in [0.2, 0.25) is 11.7 Å². The van der Waals surface area contributed by atoms with Crippen molar-refractivity contribution in [2.24, 2.45) is 0 Å². The third kappa shape index (κ3) is 4.66. The van der Waals surface area contributed by atoms with E-state index in [9.17, 15) is 0 Å². The van der Waals surface area contributed by atoms with Crippen LogP contribution in [0, 0.1) is 13.8 Å². The van der Waals surface area contributed by atoms with Gasteiger partial charge in [-0.05, 0) is 30.2 Å². The Kier molecular flexibility index (Phi) is 5.22.